The summed E-state index contributed by atoms with van der Waals surface area (Å²) in [5, 5.41) is 15.1. The molecule has 0 radical (unpaired) electrons. The van der Waals surface area contributed by atoms with Crippen LogP contribution in [0.1, 0.15) is 45.6 Å². The molecule has 0 atom stereocenters. The first-order valence-electron chi connectivity index (χ1n) is 11.1. The van der Waals surface area contributed by atoms with Gasteiger partial charge in [-0.3, -0.25) is 9.48 Å². The molecule has 2 aromatic heterocycles. The second-order valence-electron chi connectivity index (χ2n) is 8.21. The highest BCUT2D eigenvalue weighted by molar-refractivity contribution is 5.95. The predicted octanol–water partition coefficient (Wildman–Crippen LogP) is 3.89. The molecule has 0 unspecified atom stereocenters. The number of nitriles is 1. The predicted molar refractivity (Wildman–Crippen MR) is 121 cm³/mol. The molecule has 1 aliphatic heterocycles. The fourth-order valence-corrected chi connectivity index (χ4v) is 4.01. The lowest BCUT2D eigenvalue weighted by atomic mass is 10.1. The molecule has 3 heterocycles. The van der Waals surface area contributed by atoms with Gasteiger partial charge in [0.1, 0.15) is 5.82 Å². The Bertz CT molecular complexity index is 1290. The number of anilines is 1. The summed E-state index contributed by atoms with van der Waals surface area (Å²) in [5.41, 5.74) is -1.75. The van der Waals surface area contributed by atoms with Crippen LogP contribution < -0.4 is 15.0 Å². The standard InChI is InChI=1S/C24H22F4N6O2/c1-36-19-6-5-16(10-29)17(21(19)25)12-31-23(35)18-14-34(32-22(18)24(26,27)28)13-15-4-7-20(30-11-15)33-8-2-3-9-33/h4-7,11,14H,2-3,8-9,12-13H2,1H3,(H,31,35). The van der Waals surface area contributed by atoms with Gasteiger partial charge in [-0.2, -0.15) is 23.5 Å². The number of halogens is 4. The lowest BCUT2D eigenvalue weighted by molar-refractivity contribution is -0.141. The Morgan fingerprint density at radius 2 is 1.97 bits per heavy atom. The summed E-state index contributed by atoms with van der Waals surface area (Å²) >= 11 is 0. The smallest absolute Gasteiger partial charge is 0.435 e. The van der Waals surface area contributed by atoms with Crippen LogP contribution in [0.3, 0.4) is 0 Å². The number of carbonyl (C=O) groups is 1. The van der Waals surface area contributed by atoms with Crippen LogP contribution in [0.5, 0.6) is 5.75 Å². The van der Waals surface area contributed by atoms with Crippen LogP contribution in [-0.2, 0) is 19.3 Å². The van der Waals surface area contributed by atoms with E-state index in [0.29, 0.717) is 5.56 Å². The second-order valence-corrected chi connectivity index (χ2v) is 8.21. The summed E-state index contributed by atoms with van der Waals surface area (Å²) in [6.45, 7) is 1.27. The Balaban J connectivity index is 1.53. The third-order valence-electron chi connectivity index (χ3n) is 5.83. The number of pyridine rings is 1. The zero-order valence-electron chi connectivity index (χ0n) is 19.3. The summed E-state index contributed by atoms with van der Waals surface area (Å²) in [6, 6.07) is 7.89. The van der Waals surface area contributed by atoms with Crippen LogP contribution in [0.4, 0.5) is 23.4 Å². The quantitative estimate of drug-likeness (QED) is 0.493. The van der Waals surface area contributed by atoms with E-state index in [1.807, 2.05) is 0 Å². The molecule has 0 aliphatic carbocycles. The molecule has 0 bridgehead atoms. The highest BCUT2D eigenvalue weighted by Crippen LogP contribution is 2.31. The van der Waals surface area contributed by atoms with Gasteiger partial charge in [-0.15, -0.1) is 0 Å². The topological polar surface area (TPSA) is 96.1 Å². The van der Waals surface area contributed by atoms with E-state index in [1.165, 1.54) is 19.2 Å². The van der Waals surface area contributed by atoms with Gasteiger partial charge in [-0.1, -0.05) is 6.07 Å². The van der Waals surface area contributed by atoms with E-state index >= 15 is 0 Å². The molecule has 0 spiro atoms. The lowest BCUT2D eigenvalue weighted by Crippen LogP contribution is -2.26. The number of amides is 1. The Labute approximate surface area is 204 Å². The first-order chi connectivity index (χ1) is 17.2. The molecule has 1 N–H and O–H groups in total. The number of nitrogens with zero attached hydrogens (tertiary/aromatic N) is 5. The molecule has 1 aliphatic rings. The molecular weight excluding hydrogens is 480 g/mol. The van der Waals surface area contributed by atoms with Crippen molar-refractivity contribution >= 4 is 11.7 Å². The Hall–Kier alpha value is -4.14. The maximum Gasteiger partial charge on any atom is 0.435 e. The minimum absolute atomic E-state index is 0.0350. The molecular formula is C24H22F4N6O2. The van der Waals surface area contributed by atoms with Gasteiger partial charge in [0.15, 0.2) is 17.3 Å². The fourth-order valence-electron chi connectivity index (χ4n) is 4.01. The van der Waals surface area contributed by atoms with Crippen molar-refractivity contribution in [1.82, 2.24) is 20.1 Å². The average Bonchev–Trinajstić information content (AvgIpc) is 3.54. The molecule has 1 saturated heterocycles. The van der Waals surface area contributed by atoms with Gasteiger partial charge >= 0.3 is 6.18 Å². The zero-order valence-corrected chi connectivity index (χ0v) is 19.3. The summed E-state index contributed by atoms with van der Waals surface area (Å²) in [7, 11) is 1.23. The average molecular weight is 502 g/mol. The van der Waals surface area contributed by atoms with Crippen LogP contribution >= 0.6 is 0 Å². The van der Waals surface area contributed by atoms with Crippen molar-refractivity contribution in [2.75, 3.05) is 25.1 Å². The first kappa shape index (κ1) is 25.0. The highest BCUT2D eigenvalue weighted by atomic mass is 19.4. The third-order valence-corrected chi connectivity index (χ3v) is 5.83. The summed E-state index contributed by atoms with van der Waals surface area (Å²) in [6.07, 6.45) is -0.167. The largest absolute Gasteiger partial charge is 0.494 e. The van der Waals surface area contributed by atoms with E-state index in [0.717, 1.165) is 42.6 Å². The molecule has 8 nitrogen and oxygen atoms in total. The van der Waals surface area contributed by atoms with E-state index in [-0.39, 0.29) is 23.4 Å². The number of ether oxygens (including phenoxy) is 1. The molecule has 4 rings (SSSR count). The number of aromatic nitrogens is 3. The van der Waals surface area contributed by atoms with E-state index in [9.17, 15) is 27.6 Å². The van der Waals surface area contributed by atoms with Gasteiger partial charge in [-0.25, -0.2) is 9.37 Å². The van der Waals surface area contributed by atoms with Crippen molar-refractivity contribution in [3.63, 3.8) is 0 Å². The molecule has 36 heavy (non-hydrogen) atoms. The van der Waals surface area contributed by atoms with Crippen molar-refractivity contribution in [3.05, 3.63) is 70.4 Å². The van der Waals surface area contributed by atoms with Gasteiger partial charge in [0.2, 0.25) is 0 Å². The number of benzene rings is 1. The van der Waals surface area contributed by atoms with E-state index in [2.05, 4.69) is 20.3 Å². The molecule has 1 amide bonds. The maximum atomic E-state index is 14.6. The minimum atomic E-state index is -4.89. The van der Waals surface area contributed by atoms with Crippen LogP contribution in [0, 0.1) is 17.1 Å². The molecule has 12 heteroatoms. The minimum Gasteiger partial charge on any atom is -0.494 e. The fraction of sp³-hybridized carbons (Fsp3) is 0.333. The number of methoxy groups -OCH3 is 1. The Morgan fingerprint density at radius 1 is 1.22 bits per heavy atom. The Kier molecular flexibility index (Phi) is 7.10. The Morgan fingerprint density at radius 3 is 2.58 bits per heavy atom. The van der Waals surface area contributed by atoms with Crippen LogP contribution in [-0.4, -0.2) is 40.9 Å². The van der Waals surface area contributed by atoms with Crippen molar-refractivity contribution in [1.29, 1.82) is 5.26 Å². The second kappa shape index (κ2) is 10.2. The van der Waals surface area contributed by atoms with E-state index in [4.69, 9.17) is 4.74 Å². The number of hydrogen-bond acceptors (Lipinski definition) is 6. The maximum absolute atomic E-state index is 14.6. The zero-order chi connectivity index (χ0) is 25.9. The van der Waals surface area contributed by atoms with Crippen molar-refractivity contribution in [3.8, 4) is 11.8 Å². The molecule has 1 fully saturated rings. The number of hydrogen-bond donors (Lipinski definition) is 1. The number of rotatable bonds is 7. The molecule has 1 aromatic carbocycles. The van der Waals surface area contributed by atoms with Gasteiger partial charge in [-0.05, 0) is 36.6 Å². The molecule has 0 saturated carbocycles. The monoisotopic (exact) mass is 502 g/mol. The van der Waals surface area contributed by atoms with Crippen molar-refractivity contribution < 1.29 is 27.1 Å². The molecule has 188 valence electrons. The number of nitrogens with one attached hydrogen (secondary N) is 1. The SMILES string of the molecule is COc1ccc(C#N)c(CNC(=O)c2cn(Cc3ccc(N4CCCC4)nc3)nc2C(F)(F)F)c1F. The van der Waals surface area contributed by atoms with Gasteiger partial charge in [0, 0.05) is 37.6 Å². The van der Waals surface area contributed by atoms with Crippen LogP contribution in [0.15, 0.2) is 36.7 Å². The van der Waals surface area contributed by atoms with Crippen molar-refractivity contribution in [2.24, 2.45) is 0 Å². The molecule has 3 aromatic rings. The lowest BCUT2D eigenvalue weighted by Gasteiger charge is -2.16. The van der Waals surface area contributed by atoms with Gasteiger partial charge in [0.25, 0.3) is 5.91 Å². The van der Waals surface area contributed by atoms with Crippen LogP contribution in [0.2, 0.25) is 0 Å². The normalized spacial score (nSPS) is 13.5. The van der Waals surface area contributed by atoms with E-state index in [1.54, 1.807) is 24.4 Å². The van der Waals surface area contributed by atoms with Crippen molar-refractivity contribution in [2.45, 2.75) is 32.1 Å². The van der Waals surface area contributed by atoms with E-state index < -0.39 is 35.7 Å². The van der Waals surface area contributed by atoms with Gasteiger partial charge in [0.05, 0.1) is 30.9 Å². The summed E-state index contributed by atoms with van der Waals surface area (Å²) < 4.78 is 61.4. The third kappa shape index (κ3) is 5.25. The number of alkyl halides is 3. The van der Waals surface area contributed by atoms with Gasteiger partial charge < -0.3 is 15.0 Å². The number of carbonyl (C=O) groups excluding carboxylic acids is 1. The highest BCUT2D eigenvalue weighted by Gasteiger charge is 2.39. The first-order valence-corrected chi connectivity index (χ1v) is 11.1. The summed E-state index contributed by atoms with van der Waals surface area (Å²) in [4.78, 5) is 19.2. The van der Waals surface area contributed by atoms with Crippen LogP contribution in [0.25, 0.3) is 0 Å². The summed E-state index contributed by atoms with van der Waals surface area (Å²) in [5.74, 6) is -1.35.